The quantitative estimate of drug-likeness (QED) is 0.316. The average molecular weight is 471 g/mol. The molecule has 0 unspecified atom stereocenters. The predicted octanol–water partition coefficient (Wildman–Crippen LogP) is 3.42. The van der Waals surface area contributed by atoms with Gasteiger partial charge in [0.2, 0.25) is 0 Å². The number of nitro groups is 1. The van der Waals surface area contributed by atoms with Crippen LogP contribution >= 0.6 is 11.3 Å². The van der Waals surface area contributed by atoms with Crippen LogP contribution in [0.1, 0.15) is 12.0 Å². The Morgan fingerprint density at radius 2 is 2.00 bits per heavy atom. The molecule has 1 atom stereocenters. The van der Waals surface area contributed by atoms with Gasteiger partial charge in [0.25, 0.3) is 11.2 Å². The molecular weight excluding hydrogens is 458 g/mol. The molecule has 14 heteroatoms. The molecule has 1 saturated heterocycles. The van der Waals surface area contributed by atoms with Crippen molar-refractivity contribution in [2.45, 2.75) is 12.6 Å². The number of nitro benzene ring substituents is 1. The fourth-order valence-electron chi connectivity index (χ4n) is 3.29. The fourth-order valence-corrected chi connectivity index (χ4v) is 4.39. The molecule has 3 heterocycles. The van der Waals surface area contributed by atoms with Crippen molar-refractivity contribution in [2.24, 2.45) is 5.92 Å². The first-order valence-corrected chi connectivity index (χ1v) is 9.99. The molecule has 0 bridgehead atoms. The predicted molar refractivity (Wildman–Crippen MR) is 105 cm³/mol. The lowest BCUT2D eigenvalue weighted by molar-refractivity contribution is -0.383. The van der Waals surface area contributed by atoms with Crippen LogP contribution in [0.5, 0.6) is 6.01 Å². The van der Waals surface area contributed by atoms with E-state index in [1.807, 2.05) is 0 Å². The van der Waals surface area contributed by atoms with Crippen molar-refractivity contribution in [2.75, 3.05) is 24.6 Å². The summed E-state index contributed by atoms with van der Waals surface area (Å²) in [6.45, 7) is 1.06. The van der Waals surface area contributed by atoms with Crippen LogP contribution in [0.15, 0.2) is 29.3 Å². The van der Waals surface area contributed by atoms with Crippen LogP contribution in [0, 0.1) is 21.8 Å². The maximum absolute atomic E-state index is 13.1. The minimum Gasteiger partial charge on any atom is -0.463 e. The topological polar surface area (TPSA) is 111 Å². The molecule has 2 aromatic heterocycles. The lowest BCUT2D eigenvalue weighted by Gasteiger charge is -2.17. The van der Waals surface area contributed by atoms with Gasteiger partial charge in [-0.25, -0.2) is 14.4 Å². The van der Waals surface area contributed by atoms with Crippen LogP contribution in [-0.2, 0) is 6.18 Å². The lowest BCUT2D eigenvalue weighted by Crippen LogP contribution is -2.24. The fraction of sp³-hybridized carbons (Fsp3) is 0.333. The second kappa shape index (κ2) is 8.26. The van der Waals surface area contributed by atoms with E-state index in [1.165, 1.54) is 0 Å². The number of aromatic nitrogens is 3. The number of ether oxygens (including phenoxy) is 1. The zero-order chi connectivity index (χ0) is 23.0. The standard InChI is InChI=1S/C18H13F4N5O4S/c19-11-5-23-16(24-6-11)31-8-9-1-2-26(7-9)17-25-15(28)12-3-10(18(20,21)22)4-13(27(29)30)14(12)32-17/h3-6,9H,1-2,7-8H2/t9-/m0/s1. The summed E-state index contributed by atoms with van der Waals surface area (Å²) >= 11 is 0.789. The van der Waals surface area contributed by atoms with Gasteiger partial charge in [-0.3, -0.25) is 14.9 Å². The van der Waals surface area contributed by atoms with E-state index in [0.29, 0.717) is 31.6 Å². The third-order valence-electron chi connectivity index (χ3n) is 4.82. The Morgan fingerprint density at radius 3 is 2.66 bits per heavy atom. The molecule has 1 aliphatic rings. The van der Waals surface area contributed by atoms with E-state index in [2.05, 4.69) is 15.0 Å². The Morgan fingerprint density at radius 1 is 1.28 bits per heavy atom. The van der Waals surface area contributed by atoms with Crippen molar-refractivity contribution in [3.63, 3.8) is 0 Å². The van der Waals surface area contributed by atoms with Gasteiger partial charge in [-0.1, -0.05) is 11.3 Å². The third kappa shape index (κ3) is 4.44. The van der Waals surface area contributed by atoms with Crippen LogP contribution in [0.25, 0.3) is 10.1 Å². The molecule has 0 N–H and O–H groups in total. The van der Waals surface area contributed by atoms with Crippen LogP contribution < -0.4 is 15.2 Å². The Labute approximate surface area is 180 Å². The molecule has 1 fully saturated rings. The number of hydrogen-bond donors (Lipinski definition) is 0. The van der Waals surface area contributed by atoms with Gasteiger partial charge in [-0.2, -0.15) is 18.2 Å². The molecule has 168 valence electrons. The van der Waals surface area contributed by atoms with E-state index in [-0.39, 0.29) is 28.4 Å². The largest absolute Gasteiger partial charge is 0.463 e. The summed E-state index contributed by atoms with van der Waals surface area (Å²) in [5, 5.41) is 11.1. The highest BCUT2D eigenvalue weighted by Gasteiger charge is 2.34. The van der Waals surface area contributed by atoms with Gasteiger partial charge in [-0.15, -0.1) is 0 Å². The summed E-state index contributed by atoms with van der Waals surface area (Å²) in [6.07, 6.45) is -2.27. The Balaban J connectivity index is 1.58. The van der Waals surface area contributed by atoms with E-state index in [9.17, 15) is 32.5 Å². The number of anilines is 1. The summed E-state index contributed by atoms with van der Waals surface area (Å²) in [5.74, 6) is -0.621. The van der Waals surface area contributed by atoms with Gasteiger partial charge >= 0.3 is 12.2 Å². The molecule has 9 nitrogen and oxygen atoms in total. The molecule has 4 rings (SSSR count). The minimum atomic E-state index is -4.84. The molecule has 1 aromatic carbocycles. The lowest BCUT2D eigenvalue weighted by atomic mass is 10.1. The minimum absolute atomic E-state index is 0.00873. The SMILES string of the molecule is O=c1nc(N2CC[C@H](COc3ncc(F)cn3)C2)sc2c([N+](=O)[O-])cc(C(F)(F)F)cc12. The summed E-state index contributed by atoms with van der Waals surface area (Å²) in [6, 6.07) is 1.02. The maximum Gasteiger partial charge on any atom is 0.416 e. The van der Waals surface area contributed by atoms with Crippen LogP contribution in [0.2, 0.25) is 0 Å². The van der Waals surface area contributed by atoms with Crippen LogP contribution in [-0.4, -0.2) is 39.6 Å². The molecule has 0 radical (unpaired) electrons. The van der Waals surface area contributed by atoms with Gasteiger partial charge < -0.3 is 9.64 Å². The molecule has 0 amide bonds. The number of fused-ring (bicyclic) bond motifs is 1. The van der Waals surface area contributed by atoms with Crippen molar-refractivity contribution in [3.05, 3.63) is 56.4 Å². The summed E-state index contributed by atoms with van der Waals surface area (Å²) < 4.78 is 57.4. The number of hydrogen-bond acceptors (Lipinski definition) is 9. The molecule has 1 aliphatic heterocycles. The zero-order valence-electron chi connectivity index (χ0n) is 16.0. The third-order valence-corrected chi connectivity index (χ3v) is 5.98. The first kappa shape index (κ1) is 21.8. The summed E-state index contributed by atoms with van der Waals surface area (Å²) in [7, 11) is 0. The van der Waals surface area contributed by atoms with Crippen molar-refractivity contribution >= 4 is 32.2 Å². The highest BCUT2D eigenvalue weighted by atomic mass is 32.1. The molecule has 3 aromatic rings. The Kier molecular flexibility index (Phi) is 5.62. The Bertz CT molecular complexity index is 1230. The number of rotatable bonds is 5. The highest BCUT2D eigenvalue weighted by molar-refractivity contribution is 7.22. The van der Waals surface area contributed by atoms with Crippen molar-refractivity contribution in [3.8, 4) is 6.01 Å². The maximum atomic E-state index is 13.1. The van der Waals surface area contributed by atoms with Crippen LogP contribution in [0.3, 0.4) is 0 Å². The first-order chi connectivity index (χ1) is 15.1. The zero-order valence-corrected chi connectivity index (χ0v) is 16.8. The van der Waals surface area contributed by atoms with E-state index < -0.39 is 39.1 Å². The molecule has 0 saturated carbocycles. The highest BCUT2D eigenvalue weighted by Crippen LogP contribution is 2.39. The van der Waals surface area contributed by atoms with Gasteiger partial charge in [0.05, 0.1) is 34.9 Å². The van der Waals surface area contributed by atoms with Gasteiger partial charge in [0, 0.05) is 25.1 Å². The van der Waals surface area contributed by atoms with Gasteiger partial charge in [-0.05, 0) is 12.5 Å². The first-order valence-electron chi connectivity index (χ1n) is 9.17. The number of benzene rings is 1. The Hall–Kier alpha value is -3.42. The second-order valence-electron chi connectivity index (χ2n) is 7.02. The molecule has 0 spiro atoms. The number of non-ortho nitro benzene ring substituents is 1. The van der Waals surface area contributed by atoms with E-state index >= 15 is 0 Å². The summed E-state index contributed by atoms with van der Waals surface area (Å²) in [5.41, 5.74) is -3.05. The molecule has 0 aliphatic carbocycles. The van der Waals surface area contributed by atoms with Gasteiger partial charge in [0.1, 0.15) is 4.70 Å². The van der Waals surface area contributed by atoms with Gasteiger partial charge in [0.15, 0.2) is 10.9 Å². The number of halogens is 4. The smallest absolute Gasteiger partial charge is 0.416 e. The van der Waals surface area contributed by atoms with E-state index in [0.717, 1.165) is 23.7 Å². The van der Waals surface area contributed by atoms with Crippen molar-refractivity contribution in [1.82, 2.24) is 15.0 Å². The van der Waals surface area contributed by atoms with Crippen LogP contribution in [0.4, 0.5) is 28.4 Å². The molecule has 32 heavy (non-hydrogen) atoms. The van der Waals surface area contributed by atoms with E-state index in [1.54, 1.807) is 4.90 Å². The summed E-state index contributed by atoms with van der Waals surface area (Å²) in [4.78, 5) is 35.8. The van der Waals surface area contributed by atoms with Crippen molar-refractivity contribution in [1.29, 1.82) is 0 Å². The normalized spacial score (nSPS) is 16.5. The monoisotopic (exact) mass is 471 g/mol. The number of nitrogens with zero attached hydrogens (tertiary/aromatic N) is 5. The second-order valence-corrected chi connectivity index (χ2v) is 8.00. The van der Waals surface area contributed by atoms with E-state index in [4.69, 9.17) is 4.74 Å². The van der Waals surface area contributed by atoms with Crippen molar-refractivity contribution < 1.29 is 27.2 Å². The average Bonchev–Trinajstić information content (AvgIpc) is 3.21. The molecular formula is C18H13F4N5O4S. The number of alkyl halides is 3.